The Labute approximate surface area is 215 Å². The quantitative estimate of drug-likeness (QED) is 0.379. The van der Waals surface area contributed by atoms with E-state index in [0.29, 0.717) is 15.9 Å². The molecule has 0 aliphatic carbocycles. The van der Waals surface area contributed by atoms with Crippen LogP contribution in [0.1, 0.15) is 23.1 Å². The Kier molecular flexibility index (Phi) is 7.70. The van der Waals surface area contributed by atoms with Crippen LogP contribution < -0.4 is 5.32 Å². The van der Waals surface area contributed by atoms with Crippen LogP contribution in [-0.2, 0) is 22.3 Å². The summed E-state index contributed by atoms with van der Waals surface area (Å²) in [6.45, 7) is 2.07. The molecule has 0 radical (unpaired) electrons. The van der Waals surface area contributed by atoms with Crippen molar-refractivity contribution < 1.29 is 22.8 Å². The molecule has 1 atom stereocenters. The van der Waals surface area contributed by atoms with Crippen molar-refractivity contribution >= 4 is 51.7 Å². The van der Waals surface area contributed by atoms with Gasteiger partial charge in [0.15, 0.2) is 5.17 Å². The predicted molar refractivity (Wildman–Crippen MR) is 136 cm³/mol. The van der Waals surface area contributed by atoms with E-state index in [4.69, 9.17) is 11.6 Å². The van der Waals surface area contributed by atoms with Crippen molar-refractivity contribution in [2.24, 2.45) is 4.99 Å². The van der Waals surface area contributed by atoms with E-state index in [2.05, 4.69) is 10.3 Å². The Morgan fingerprint density at radius 1 is 1.08 bits per heavy atom. The first kappa shape index (κ1) is 25.8. The third-order valence-corrected chi connectivity index (χ3v) is 7.03. The molecule has 1 saturated heterocycles. The van der Waals surface area contributed by atoms with Gasteiger partial charge in [-0.15, -0.1) is 0 Å². The van der Waals surface area contributed by atoms with Crippen LogP contribution >= 0.6 is 23.4 Å². The highest BCUT2D eigenvalue weighted by atomic mass is 35.5. The molecule has 4 rings (SSSR count). The lowest BCUT2D eigenvalue weighted by Gasteiger charge is -2.17. The van der Waals surface area contributed by atoms with Crippen LogP contribution in [0, 0.1) is 6.92 Å². The average Bonchev–Trinajstić information content (AvgIpc) is 3.10. The Balaban J connectivity index is 1.55. The molecule has 0 bridgehead atoms. The number of amides is 2. The minimum absolute atomic E-state index is 0.105. The highest BCUT2D eigenvalue weighted by molar-refractivity contribution is 8.15. The molecule has 186 valence electrons. The maximum atomic E-state index is 13.3. The number of aliphatic imine (C=N–C) groups is 1. The molecule has 3 aromatic carbocycles. The fourth-order valence-electron chi connectivity index (χ4n) is 3.52. The number of halogens is 4. The summed E-state index contributed by atoms with van der Waals surface area (Å²) in [6.07, 6.45) is -4.56. The van der Waals surface area contributed by atoms with Gasteiger partial charge in [-0.2, -0.15) is 13.2 Å². The molecule has 3 aromatic rings. The Hall–Kier alpha value is -3.30. The molecule has 36 heavy (non-hydrogen) atoms. The number of nitrogens with zero attached hydrogens (tertiary/aromatic N) is 2. The number of benzene rings is 3. The first-order chi connectivity index (χ1) is 17.1. The number of amidine groups is 1. The lowest BCUT2D eigenvalue weighted by atomic mass is 10.2. The van der Waals surface area contributed by atoms with E-state index in [0.717, 1.165) is 35.0 Å². The van der Waals surface area contributed by atoms with Crippen molar-refractivity contribution in [3.05, 3.63) is 94.5 Å². The second-order valence-electron chi connectivity index (χ2n) is 8.17. The second kappa shape index (κ2) is 10.8. The van der Waals surface area contributed by atoms with E-state index >= 15 is 0 Å². The van der Waals surface area contributed by atoms with Gasteiger partial charge in [0.1, 0.15) is 5.25 Å². The van der Waals surface area contributed by atoms with E-state index in [9.17, 15) is 22.8 Å². The van der Waals surface area contributed by atoms with Gasteiger partial charge >= 0.3 is 6.18 Å². The maximum Gasteiger partial charge on any atom is 0.416 e. The summed E-state index contributed by atoms with van der Waals surface area (Å²) in [5, 5.41) is 2.85. The van der Waals surface area contributed by atoms with Crippen LogP contribution in [0.15, 0.2) is 77.8 Å². The fraction of sp³-hybridized carbons (Fsp3) is 0.192. The van der Waals surface area contributed by atoms with Gasteiger partial charge < -0.3 is 5.32 Å². The zero-order valence-corrected chi connectivity index (χ0v) is 20.6. The summed E-state index contributed by atoms with van der Waals surface area (Å²) in [5.41, 5.74) is 1.73. The predicted octanol–water partition coefficient (Wildman–Crippen LogP) is 6.83. The highest BCUT2D eigenvalue weighted by Crippen LogP contribution is 2.35. The molecule has 0 unspecified atom stereocenters. The molecule has 1 N–H and O–H groups in total. The van der Waals surface area contributed by atoms with E-state index in [1.165, 1.54) is 17.0 Å². The maximum absolute atomic E-state index is 13.3. The van der Waals surface area contributed by atoms with E-state index < -0.39 is 17.0 Å². The number of hydrogen-bond acceptors (Lipinski definition) is 4. The van der Waals surface area contributed by atoms with Gasteiger partial charge in [-0.1, -0.05) is 59.8 Å². The summed E-state index contributed by atoms with van der Waals surface area (Å²) in [4.78, 5) is 31.8. The Morgan fingerprint density at radius 2 is 1.78 bits per heavy atom. The van der Waals surface area contributed by atoms with Crippen molar-refractivity contribution in [2.75, 3.05) is 5.32 Å². The molecule has 0 saturated carbocycles. The second-order valence-corrected chi connectivity index (χ2v) is 9.75. The standard InChI is InChI=1S/C26H21ClF3N3O2S/c1-16-7-10-20(13-21(16)27)31-23(34)14-22-24(35)33(15-17-5-3-2-4-6-17)25(36-22)32-19-11-8-18(9-12-19)26(28,29)30/h2-13,22H,14-15H2,1H3,(H,31,34)/t22-/m1/s1. The molecular weight excluding hydrogens is 511 g/mol. The van der Waals surface area contributed by atoms with Gasteiger partial charge in [0.25, 0.3) is 0 Å². The van der Waals surface area contributed by atoms with Crippen LogP contribution in [0.4, 0.5) is 24.5 Å². The molecule has 10 heteroatoms. The van der Waals surface area contributed by atoms with Crippen molar-refractivity contribution in [3.8, 4) is 0 Å². The first-order valence-electron chi connectivity index (χ1n) is 10.9. The van der Waals surface area contributed by atoms with E-state index in [1.54, 1.807) is 18.2 Å². The number of thioether (sulfide) groups is 1. The smallest absolute Gasteiger partial charge is 0.326 e. The highest BCUT2D eigenvalue weighted by Gasteiger charge is 2.39. The molecule has 2 amide bonds. The molecular formula is C26H21ClF3N3O2S. The van der Waals surface area contributed by atoms with Crippen LogP contribution in [0.2, 0.25) is 5.02 Å². The van der Waals surface area contributed by atoms with Gasteiger partial charge in [-0.3, -0.25) is 14.5 Å². The molecule has 1 fully saturated rings. The zero-order chi connectivity index (χ0) is 25.9. The Morgan fingerprint density at radius 3 is 2.42 bits per heavy atom. The molecule has 0 spiro atoms. The third-order valence-electron chi connectivity index (χ3n) is 5.45. The lowest BCUT2D eigenvalue weighted by Crippen LogP contribution is -2.33. The molecule has 1 heterocycles. The van der Waals surface area contributed by atoms with Crippen molar-refractivity contribution in [3.63, 3.8) is 0 Å². The SMILES string of the molecule is Cc1ccc(NC(=O)C[C@H]2SC(=Nc3ccc(C(F)(F)F)cc3)N(Cc3ccccc3)C2=O)cc1Cl. The zero-order valence-electron chi connectivity index (χ0n) is 19.1. The largest absolute Gasteiger partial charge is 0.416 e. The number of rotatable bonds is 6. The van der Waals surface area contributed by atoms with Crippen LogP contribution in [-0.4, -0.2) is 27.1 Å². The minimum atomic E-state index is -4.46. The molecule has 5 nitrogen and oxygen atoms in total. The minimum Gasteiger partial charge on any atom is -0.326 e. The number of aryl methyl sites for hydroxylation is 1. The van der Waals surface area contributed by atoms with Crippen molar-refractivity contribution in [2.45, 2.75) is 31.3 Å². The molecule has 1 aliphatic heterocycles. The summed E-state index contributed by atoms with van der Waals surface area (Å²) < 4.78 is 38.7. The number of alkyl halides is 3. The Bertz CT molecular complexity index is 1300. The van der Waals surface area contributed by atoms with Crippen LogP contribution in [0.25, 0.3) is 0 Å². The topological polar surface area (TPSA) is 61.8 Å². The average molecular weight is 532 g/mol. The van der Waals surface area contributed by atoms with E-state index in [1.807, 2.05) is 37.3 Å². The van der Waals surface area contributed by atoms with Gasteiger partial charge in [0, 0.05) is 17.1 Å². The van der Waals surface area contributed by atoms with Crippen LogP contribution in [0.3, 0.4) is 0 Å². The van der Waals surface area contributed by atoms with E-state index in [-0.39, 0.29) is 30.5 Å². The van der Waals surface area contributed by atoms with Crippen molar-refractivity contribution in [1.82, 2.24) is 4.90 Å². The first-order valence-corrected chi connectivity index (χ1v) is 12.2. The normalized spacial score (nSPS) is 17.0. The number of nitrogens with one attached hydrogen (secondary N) is 1. The summed E-state index contributed by atoms with van der Waals surface area (Å²) in [6, 6.07) is 18.8. The van der Waals surface area contributed by atoms with Gasteiger partial charge in [-0.25, -0.2) is 4.99 Å². The molecule has 0 aromatic heterocycles. The monoisotopic (exact) mass is 531 g/mol. The fourth-order valence-corrected chi connectivity index (χ4v) is 4.86. The molecule has 1 aliphatic rings. The number of hydrogen-bond donors (Lipinski definition) is 1. The number of anilines is 1. The third kappa shape index (κ3) is 6.27. The number of carbonyl (C=O) groups is 2. The summed E-state index contributed by atoms with van der Waals surface area (Å²) in [5.74, 6) is -0.664. The van der Waals surface area contributed by atoms with Gasteiger partial charge in [0.05, 0.1) is 17.8 Å². The summed E-state index contributed by atoms with van der Waals surface area (Å²) in [7, 11) is 0. The lowest BCUT2D eigenvalue weighted by molar-refractivity contribution is -0.137. The van der Waals surface area contributed by atoms with Gasteiger partial charge in [0.2, 0.25) is 11.8 Å². The van der Waals surface area contributed by atoms with Crippen LogP contribution in [0.5, 0.6) is 0 Å². The van der Waals surface area contributed by atoms with Crippen molar-refractivity contribution in [1.29, 1.82) is 0 Å². The summed E-state index contributed by atoms with van der Waals surface area (Å²) >= 11 is 7.24. The number of carbonyl (C=O) groups excluding carboxylic acids is 2. The van der Waals surface area contributed by atoms with Gasteiger partial charge in [-0.05, 0) is 54.4 Å².